The van der Waals surface area contributed by atoms with Gasteiger partial charge in [-0.25, -0.2) is 0 Å². The number of hydrogen-bond acceptors (Lipinski definition) is 3. The predicted molar refractivity (Wildman–Crippen MR) is 89.9 cm³/mol. The minimum absolute atomic E-state index is 0.434. The Hall–Kier alpha value is -1.13. The number of thiocarbonyl (C=S) groups is 1. The average molecular weight is 307 g/mol. The molecular formula is C17H25NO2S. The molecule has 116 valence electrons. The Morgan fingerprint density at radius 2 is 1.71 bits per heavy atom. The Kier molecular flexibility index (Phi) is 6.96. The number of nitrogens with two attached hydrogens (primary N) is 1. The van der Waals surface area contributed by atoms with Gasteiger partial charge >= 0.3 is 0 Å². The minimum Gasteiger partial charge on any atom is -0.491 e. The van der Waals surface area contributed by atoms with Crippen molar-refractivity contribution in [2.45, 2.75) is 51.0 Å². The van der Waals surface area contributed by atoms with Crippen LogP contribution in [0.4, 0.5) is 0 Å². The van der Waals surface area contributed by atoms with Crippen LogP contribution in [-0.4, -0.2) is 24.3 Å². The van der Waals surface area contributed by atoms with Gasteiger partial charge in [0.15, 0.2) is 0 Å². The first-order chi connectivity index (χ1) is 10.2. The lowest BCUT2D eigenvalue weighted by Gasteiger charge is -2.15. The Labute approximate surface area is 132 Å². The van der Waals surface area contributed by atoms with Crippen LogP contribution in [0, 0.1) is 0 Å². The fraction of sp³-hybridized carbons (Fsp3) is 0.588. The van der Waals surface area contributed by atoms with E-state index in [-0.39, 0.29) is 0 Å². The Morgan fingerprint density at radius 1 is 1.05 bits per heavy atom. The molecule has 1 fully saturated rings. The number of rotatable bonds is 7. The lowest BCUT2D eigenvalue weighted by molar-refractivity contribution is 0.0254. The quantitative estimate of drug-likeness (QED) is 0.474. The molecule has 2 N–H and O–H groups in total. The average Bonchev–Trinajstić information content (AvgIpc) is 2.73. The third-order valence-electron chi connectivity index (χ3n) is 3.81. The minimum atomic E-state index is 0.434. The summed E-state index contributed by atoms with van der Waals surface area (Å²) in [7, 11) is 0. The fourth-order valence-corrected chi connectivity index (χ4v) is 2.85. The molecule has 0 atom stereocenters. The normalized spacial score (nSPS) is 16.4. The largest absolute Gasteiger partial charge is 0.491 e. The van der Waals surface area contributed by atoms with Gasteiger partial charge in [-0.1, -0.05) is 50.0 Å². The maximum Gasteiger partial charge on any atom is 0.119 e. The zero-order valence-electron chi connectivity index (χ0n) is 12.6. The van der Waals surface area contributed by atoms with Crippen molar-refractivity contribution in [3.63, 3.8) is 0 Å². The van der Waals surface area contributed by atoms with Crippen molar-refractivity contribution in [2.24, 2.45) is 5.73 Å². The molecule has 0 aliphatic heterocycles. The second-order valence-corrected chi connectivity index (χ2v) is 6.14. The van der Waals surface area contributed by atoms with E-state index in [0.717, 1.165) is 11.3 Å². The van der Waals surface area contributed by atoms with Crippen molar-refractivity contribution in [1.82, 2.24) is 0 Å². The standard InChI is InChI=1S/C17H25NO2S/c18-17(21)13-14-7-9-16(10-8-14)20-12-11-19-15-5-3-1-2-4-6-15/h7-10,15H,1-6,11-13H2,(H2,18,21). The van der Waals surface area contributed by atoms with Gasteiger partial charge in [-0.15, -0.1) is 0 Å². The Bertz CT molecular complexity index is 425. The molecule has 1 aromatic carbocycles. The van der Waals surface area contributed by atoms with Crippen LogP contribution >= 0.6 is 12.2 Å². The third-order valence-corrected chi connectivity index (χ3v) is 3.95. The van der Waals surface area contributed by atoms with E-state index in [1.165, 1.54) is 38.5 Å². The van der Waals surface area contributed by atoms with E-state index in [1.54, 1.807) is 0 Å². The molecule has 0 unspecified atom stereocenters. The molecule has 0 heterocycles. The van der Waals surface area contributed by atoms with Crippen molar-refractivity contribution in [3.8, 4) is 5.75 Å². The molecule has 21 heavy (non-hydrogen) atoms. The monoisotopic (exact) mass is 307 g/mol. The molecule has 1 saturated carbocycles. The van der Waals surface area contributed by atoms with E-state index in [9.17, 15) is 0 Å². The van der Waals surface area contributed by atoms with Gasteiger partial charge in [-0.3, -0.25) is 0 Å². The molecule has 0 radical (unpaired) electrons. The van der Waals surface area contributed by atoms with Crippen LogP contribution in [0.3, 0.4) is 0 Å². The molecule has 0 bridgehead atoms. The summed E-state index contributed by atoms with van der Waals surface area (Å²) in [6.07, 6.45) is 8.79. The molecule has 0 amide bonds. The summed E-state index contributed by atoms with van der Waals surface area (Å²) >= 11 is 4.90. The van der Waals surface area contributed by atoms with Crippen LogP contribution in [0.1, 0.15) is 44.1 Å². The molecule has 2 rings (SSSR count). The molecule has 0 aromatic heterocycles. The maximum absolute atomic E-state index is 5.90. The Balaban J connectivity index is 1.64. The number of benzene rings is 1. The molecular weight excluding hydrogens is 282 g/mol. The van der Waals surface area contributed by atoms with Crippen molar-refractivity contribution in [2.75, 3.05) is 13.2 Å². The molecule has 1 aromatic rings. The van der Waals surface area contributed by atoms with Gasteiger partial charge in [0.25, 0.3) is 0 Å². The third kappa shape index (κ3) is 6.44. The van der Waals surface area contributed by atoms with Crippen LogP contribution in [0.5, 0.6) is 5.75 Å². The van der Waals surface area contributed by atoms with Gasteiger partial charge in [-0.2, -0.15) is 0 Å². The van der Waals surface area contributed by atoms with Crippen molar-refractivity contribution < 1.29 is 9.47 Å². The fourth-order valence-electron chi connectivity index (χ4n) is 2.69. The molecule has 0 spiro atoms. The molecule has 1 aliphatic carbocycles. The van der Waals surface area contributed by atoms with E-state index in [1.807, 2.05) is 24.3 Å². The first-order valence-corrected chi connectivity index (χ1v) is 8.26. The predicted octanol–water partition coefficient (Wildman–Crippen LogP) is 3.63. The van der Waals surface area contributed by atoms with Gasteiger partial charge in [0, 0.05) is 6.42 Å². The van der Waals surface area contributed by atoms with Gasteiger partial charge in [0.05, 0.1) is 17.7 Å². The summed E-state index contributed by atoms with van der Waals surface area (Å²) < 4.78 is 11.6. The van der Waals surface area contributed by atoms with Crippen molar-refractivity contribution in [3.05, 3.63) is 29.8 Å². The molecule has 4 heteroatoms. The van der Waals surface area contributed by atoms with Crippen LogP contribution in [0.25, 0.3) is 0 Å². The summed E-state index contributed by atoms with van der Waals surface area (Å²) in [5.41, 5.74) is 6.64. The summed E-state index contributed by atoms with van der Waals surface area (Å²) in [4.78, 5) is 0.514. The Morgan fingerprint density at radius 3 is 2.33 bits per heavy atom. The van der Waals surface area contributed by atoms with E-state index in [0.29, 0.717) is 30.7 Å². The van der Waals surface area contributed by atoms with Crippen LogP contribution in [-0.2, 0) is 11.2 Å². The summed E-state index contributed by atoms with van der Waals surface area (Å²) in [5, 5.41) is 0. The first-order valence-electron chi connectivity index (χ1n) is 7.85. The number of ether oxygens (including phenoxy) is 2. The highest BCUT2D eigenvalue weighted by molar-refractivity contribution is 7.80. The van der Waals surface area contributed by atoms with E-state index in [2.05, 4.69) is 0 Å². The second kappa shape index (κ2) is 9.00. The van der Waals surface area contributed by atoms with Gasteiger partial charge in [0.2, 0.25) is 0 Å². The SMILES string of the molecule is NC(=S)Cc1ccc(OCCOC2CCCCCC2)cc1. The zero-order chi connectivity index (χ0) is 14.9. The number of hydrogen-bond donors (Lipinski definition) is 1. The molecule has 3 nitrogen and oxygen atoms in total. The van der Waals surface area contributed by atoms with Crippen molar-refractivity contribution in [1.29, 1.82) is 0 Å². The highest BCUT2D eigenvalue weighted by Gasteiger charge is 2.12. The summed E-state index contributed by atoms with van der Waals surface area (Å²) in [6.45, 7) is 1.27. The van der Waals surface area contributed by atoms with E-state index < -0.39 is 0 Å². The smallest absolute Gasteiger partial charge is 0.119 e. The maximum atomic E-state index is 5.90. The molecule has 0 saturated heterocycles. The van der Waals surface area contributed by atoms with Gasteiger partial charge in [-0.05, 0) is 30.5 Å². The summed E-state index contributed by atoms with van der Waals surface area (Å²) in [5.74, 6) is 0.867. The van der Waals surface area contributed by atoms with Crippen LogP contribution < -0.4 is 10.5 Å². The van der Waals surface area contributed by atoms with Gasteiger partial charge < -0.3 is 15.2 Å². The lowest BCUT2D eigenvalue weighted by atomic mass is 10.1. The van der Waals surface area contributed by atoms with Crippen molar-refractivity contribution >= 4 is 17.2 Å². The first kappa shape index (κ1) is 16.2. The molecule has 1 aliphatic rings. The van der Waals surface area contributed by atoms with Gasteiger partial charge in [0.1, 0.15) is 12.4 Å². The second-order valence-electron chi connectivity index (χ2n) is 5.62. The van der Waals surface area contributed by atoms with E-state index in [4.69, 9.17) is 27.4 Å². The highest BCUT2D eigenvalue weighted by atomic mass is 32.1. The highest BCUT2D eigenvalue weighted by Crippen LogP contribution is 2.19. The van der Waals surface area contributed by atoms with Crippen LogP contribution in [0.2, 0.25) is 0 Å². The van der Waals surface area contributed by atoms with E-state index >= 15 is 0 Å². The summed E-state index contributed by atoms with van der Waals surface area (Å²) in [6, 6.07) is 7.92. The lowest BCUT2D eigenvalue weighted by Crippen LogP contribution is -2.16. The van der Waals surface area contributed by atoms with Crippen LogP contribution in [0.15, 0.2) is 24.3 Å². The topological polar surface area (TPSA) is 44.5 Å². The zero-order valence-corrected chi connectivity index (χ0v) is 13.4.